The third-order valence-corrected chi connectivity index (χ3v) is 4.35. The average Bonchev–Trinajstić information content (AvgIpc) is 3.40. The number of rotatable bonds is 5. The first-order valence-corrected chi connectivity index (χ1v) is 8.46. The lowest BCUT2D eigenvalue weighted by Gasteiger charge is -2.22. The molecule has 1 aliphatic carbocycles. The Bertz CT molecular complexity index is 867. The fraction of sp³-hybridized carbons (Fsp3) is 0.250. The van der Waals surface area contributed by atoms with Crippen LogP contribution in [0.15, 0.2) is 59.1 Å². The summed E-state index contributed by atoms with van der Waals surface area (Å²) < 4.78 is 5.17. The fourth-order valence-corrected chi connectivity index (χ4v) is 2.87. The van der Waals surface area contributed by atoms with E-state index >= 15 is 0 Å². The second kappa shape index (κ2) is 6.51. The van der Waals surface area contributed by atoms with Crippen LogP contribution in [0.1, 0.15) is 34.6 Å². The van der Waals surface area contributed by atoms with E-state index in [2.05, 4.69) is 22.3 Å². The first-order valence-electron chi connectivity index (χ1n) is 8.46. The van der Waals surface area contributed by atoms with Crippen LogP contribution in [0.4, 0.5) is 0 Å². The number of aryl methyl sites for hydroxylation is 1. The molecule has 0 unspecified atom stereocenters. The number of carbonyl (C=O) groups excluding carboxylic acids is 1. The second-order valence-electron chi connectivity index (χ2n) is 6.37. The minimum Gasteiger partial charge on any atom is -0.334 e. The Morgan fingerprint density at radius 2 is 1.84 bits per heavy atom. The molecule has 1 aromatic heterocycles. The van der Waals surface area contributed by atoms with Crippen LogP contribution < -0.4 is 0 Å². The zero-order valence-electron chi connectivity index (χ0n) is 14.1. The molecule has 3 aromatic rings. The van der Waals surface area contributed by atoms with Gasteiger partial charge in [-0.25, -0.2) is 0 Å². The summed E-state index contributed by atoms with van der Waals surface area (Å²) in [4.78, 5) is 19.1. The van der Waals surface area contributed by atoms with E-state index in [4.69, 9.17) is 4.52 Å². The fourth-order valence-electron chi connectivity index (χ4n) is 2.87. The summed E-state index contributed by atoms with van der Waals surface area (Å²) >= 11 is 0. The summed E-state index contributed by atoms with van der Waals surface area (Å²) in [7, 11) is 0. The molecule has 0 atom stereocenters. The van der Waals surface area contributed by atoms with Crippen molar-refractivity contribution < 1.29 is 9.32 Å². The minimum atomic E-state index is 0.0691. The molecule has 1 aliphatic rings. The van der Waals surface area contributed by atoms with Gasteiger partial charge in [-0.3, -0.25) is 4.79 Å². The van der Waals surface area contributed by atoms with Crippen molar-refractivity contribution >= 4 is 5.91 Å². The lowest BCUT2D eigenvalue weighted by Crippen LogP contribution is -2.32. The third-order valence-electron chi connectivity index (χ3n) is 4.35. The van der Waals surface area contributed by atoms with Gasteiger partial charge in [0.2, 0.25) is 0 Å². The molecule has 2 aromatic carbocycles. The summed E-state index contributed by atoms with van der Waals surface area (Å²) in [5.74, 6) is 1.14. The minimum absolute atomic E-state index is 0.0691. The lowest BCUT2D eigenvalue weighted by molar-refractivity contribution is 0.0730. The van der Waals surface area contributed by atoms with Crippen molar-refractivity contribution in [1.29, 1.82) is 0 Å². The molecule has 0 radical (unpaired) electrons. The van der Waals surface area contributed by atoms with Gasteiger partial charge in [-0.05, 0) is 49.6 Å². The van der Waals surface area contributed by atoms with Crippen molar-refractivity contribution in [3.05, 3.63) is 71.5 Å². The highest BCUT2D eigenvalue weighted by atomic mass is 16.5. The van der Waals surface area contributed by atoms with Crippen molar-refractivity contribution in [2.75, 3.05) is 0 Å². The molecule has 126 valence electrons. The van der Waals surface area contributed by atoms with Crippen molar-refractivity contribution in [2.24, 2.45) is 0 Å². The smallest absolute Gasteiger partial charge is 0.257 e. The van der Waals surface area contributed by atoms with E-state index in [1.807, 2.05) is 47.4 Å². The number of benzene rings is 2. The van der Waals surface area contributed by atoms with Gasteiger partial charge >= 0.3 is 0 Å². The molecule has 4 rings (SSSR count). The first-order chi connectivity index (χ1) is 12.2. The molecular formula is C20H19N3O2. The van der Waals surface area contributed by atoms with Crippen LogP contribution in [0, 0.1) is 6.92 Å². The monoisotopic (exact) mass is 333 g/mol. The van der Waals surface area contributed by atoms with Crippen molar-refractivity contribution in [2.45, 2.75) is 32.4 Å². The van der Waals surface area contributed by atoms with Crippen molar-refractivity contribution in [1.82, 2.24) is 15.0 Å². The predicted octanol–water partition coefficient (Wildman–Crippen LogP) is 3.85. The zero-order chi connectivity index (χ0) is 17.2. The molecule has 1 amide bonds. The molecule has 0 bridgehead atoms. The highest BCUT2D eigenvalue weighted by molar-refractivity contribution is 5.95. The first kappa shape index (κ1) is 15.6. The van der Waals surface area contributed by atoms with E-state index in [9.17, 15) is 4.79 Å². The topological polar surface area (TPSA) is 59.2 Å². The maximum Gasteiger partial charge on any atom is 0.257 e. The van der Waals surface area contributed by atoms with E-state index in [1.54, 1.807) is 6.92 Å². The lowest BCUT2D eigenvalue weighted by atomic mass is 10.1. The Kier molecular flexibility index (Phi) is 4.06. The molecule has 1 heterocycles. The Balaban J connectivity index is 1.54. The van der Waals surface area contributed by atoms with Gasteiger partial charge in [-0.15, -0.1) is 0 Å². The predicted molar refractivity (Wildman–Crippen MR) is 93.8 cm³/mol. The zero-order valence-corrected chi connectivity index (χ0v) is 14.1. The molecule has 0 N–H and O–H groups in total. The Labute approximate surface area is 146 Å². The summed E-state index contributed by atoms with van der Waals surface area (Å²) in [5, 5.41) is 3.80. The van der Waals surface area contributed by atoms with Gasteiger partial charge in [0.25, 0.3) is 11.8 Å². The molecule has 25 heavy (non-hydrogen) atoms. The highest BCUT2D eigenvalue weighted by Crippen LogP contribution is 2.30. The summed E-state index contributed by atoms with van der Waals surface area (Å²) in [5.41, 5.74) is 2.65. The standard InChI is InChI=1S/C20H19N3O2/c1-14-21-19(25-22-14)16-7-9-17(10-8-16)20(24)23(18-11-12-18)13-15-5-3-2-4-6-15/h2-10,18H,11-13H2,1H3. The maximum atomic E-state index is 13.0. The molecule has 0 saturated heterocycles. The molecule has 5 heteroatoms. The van der Waals surface area contributed by atoms with E-state index in [1.165, 1.54) is 0 Å². The van der Waals surface area contributed by atoms with Crippen LogP contribution in [-0.2, 0) is 6.54 Å². The third kappa shape index (κ3) is 3.45. The number of amides is 1. The maximum absolute atomic E-state index is 13.0. The Hall–Kier alpha value is -2.95. The Morgan fingerprint density at radius 3 is 2.44 bits per heavy atom. The van der Waals surface area contributed by atoms with Gasteiger partial charge < -0.3 is 9.42 Å². The van der Waals surface area contributed by atoms with Crippen LogP contribution >= 0.6 is 0 Å². The van der Waals surface area contributed by atoms with Gasteiger partial charge in [0.05, 0.1) is 0 Å². The van der Waals surface area contributed by atoms with Crippen LogP contribution in [0.5, 0.6) is 0 Å². The van der Waals surface area contributed by atoms with Gasteiger partial charge in [0, 0.05) is 23.7 Å². The van der Waals surface area contributed by atoms with Gasteiger partial charge in [-0.2, -0.15) is 4.98 Å². The molecule has 0 aliphatic heterocycles. The summed E-state index contributed by atoms with van der Waals surface area (Å²) in [6.07, 6.45) is 2.16. The van der Waals surface area contributed by atoms with E-state index in [0.29, 0.717) is 29.9 Å². The summed E-state index contributed by atoms with van der Waals surface area (Å²) in [6, 6.07) is 17.8. The van der Waals surface area contributed by atoms with Crippen LogP contribution in [0.25, 0.3) is 11.5 Å². The largest absolute Gasteiger partial charge is 0.334 e. The average molecular weight is 333 g/mol. The van der Waals surface area contributed by atoms with Gasteiger partial charge in [0.1, 0.15) is 0 Å². The molecule has 1 saturated carbocycles. The second-order valence-corrected chi connectivity index (χ2v) is 6.37. The van der Waals surface area contributed by atoms with E-state index < -0.39 is 0 Å². The van der Waals surface area contributed by atoms with Crippen molar-refractivity contribution in [3.8, 4) is 11.5 Å². The number of hydrogen-bond donors (Lipinski definition) is 0. The van der Waals surface area contributed by atoms with E-state index in [0.717, 1.165) is 24.0 Å². The van der Waals surface area contributed by atoms with Crippen LogP contribution in [-0.4, -0.2) is 27.0 Å². The molecular weight excluding hydrogens is 314 g/mol. The quantitative estimate of drug-likeness (QED) is 0.711. The van der Waals surface area contributed by atoms with Gasteiger partial charge in [0.15, 0.2) is 5.82 Å². The number of hydrogen-bond acceptors (Lipinski definition) is 4. The van der Waals surface area contributed by atoms with Crippen LogP contribution in [0.2, 0.25) is 0 Å². The highest BCUT2D eigenvalue weighted by Gasteiger charge is 2.33. The Morgan fingerprint density at radius 1 is 1.12 bits per heavy atom. The normalized spacial score (nSPS) is 13.6. The van der Waals surface area contributed by atoms with Crippen molar-refractivity contribution in [3.63, 3.8) is 0 Å². The number of aromatic nitrogens is 2. The molecule has 1 fully saturated rings. The number of nitrogens with zero attached hydrogens (tertiary/aromatic N) is 3. The molecule has 5 nitrogen and oxygen atoms in total. The SMILES string of the molecule is Cc1noc(-c2ccc(C(=O)N(Cc3ccccc3)C3CC3)cc2)n1. The van der Waals surface area contributed by atoms with Gasteiger partial charge in [-0.1, -0.05) is 35.5 Å². The summed E-state index contributed by atoms with van der Waals surface area (Å²) in [6.45, 7) is 2.43. The number of carbonyl (C=O) groups is 1. The van der Waals surface area contributed by atoms with Crippen LogP contribution in [0.3, 0.4) is 0 Å². The van der Waals surface area contributed by atoms with E-state index in [-0.39, 0.29) is 5.91 Å². The molecule has 0 spiro atoms.